The van der Waals surface area contributed by atoms with E-state index >= 15 is 0 Å². The number of piperazine rings is 1. The molecule has 1 unspecified atom stereocenters. The van der Waals surface area contributed by atoms with Gasteiger partial charge in [0.15, 0.2) is 0 Å². The van der Waals surface area contributed by atoms with Crippen LogP contribution in [0.1, 0.15) is 32.1 Å². The minimum atomic E-state index is 0.0974. The van der Waals surface area contributed by atoms with Gasteiger partial charge in [-0.05, 0) is 38.8 Å². The Balaban J connectivity index is 1.80. The lowest BCUT2D eigenvalue weighted by atomic mass is 10.1. The summed E-state index contributed by atoms with van der Waals surface area (Å²) >= 11 is 0. The third kappa shape index (κ3) is 3.92. The zero-order chi connectivity index (χ0) is 13.5. The van der Waals surface area contributed by atoms with Gasteiger partial charge in [0.2, 0.25) is 5.91 Å². The van der Waals surface area contributed by atoms with E-state index in [-0.39, 0.29) is 6.04 Å². The molecule has 0 radical (unpaired) electrons. The van der Waals surface area contributed by atoms with E-state index in [0.29, 0.717) is 12.3 Å². The quantitative estimate of drug-likeness (QED) is 0.738. The average molecular weight is 264 g/mol. The van der Waals surface area contributed by atoms with Crippen molar-refractivity contribution < 1.29 is 4.79 Å². The lowest BCUT2D eigenvalue weighted by Crippen LogP contribution is -2.52. The molecule has 5 heteroatoms. The average Bonchev–Trinajstić information content (AvgIpc) is 2.92. The first-order valence-electron chi connectivity index (χ1n) is 7.43. The van der Waals surface area contributed by atoms with Gasteiger partial charge in [-0.3, -0.25) is 9.69 Å². The molecule has 0 aromatic heterocycles. The van der Waals surface area contributed by atoms with Crippen molar-refractivity contribution in [1.82, 2.24) is 15.1 Å². The Kier molecular flexibility index (Phi) is 5.62. The van der Waals surface area contributed by atoms with Crippen LogP contribution in [0.5, 0.6) is 0 Å². The second-order valence-corrected chi connectivity index (χ2v) is 5.38. The lowest BCUT2D eigenvalue weighted by Gasteiger charge is -2.33. The molecule has 2 aliphatic heterocycles. The highest BCUT2D eigenvalue weighted by Crippen LogP contribution is 2.20. The molecule has 0 aliphatic carbocycles. The molecule has 0 saturated carbocycles. The highest BCUT2D eigenvalue weighted by atomic mass is 16.2. The Morgan fingerprint density at radius 1 is 1.26 bits per heavy atom. The van der Waals surface area contributed by atoms with Crippen LogP contribution in [0.4, 0.5) is 0 Å². The first-order chi connectivity index (χ1) is 9.33. The summed E-state index contributed by atoms with van der Waals surface area (Å²) in [5.41, 5.74) is 0. The normalized spacial score (nSPS) is 24.4. The predicted octanol–water partition coefficient (Wildman–Crippen LogP) is 0.576. The van der Waals surface area contributed by atoms with Gasteiger partial charge in [-0.15, -0.1) is 0 Å². The predicted molar refractivity (Wildman–Crippen MR) is 73.5 cm³/mol. The second-order valence-electron chi connectivity index (χ2n) is 5.38. The summed E-state index contributed by atoms with van der Waals surface area (Å²) < 4.78 is 0. The highest BCUT2D eigenvalue weighted by Gasteiger charge is 2.33. The van der Waals surface area contributed by atoms with Gasteiger partial charge in [0.05, 0.1) is 12.1 Å². The maximum atomic E-state index is 12.5. The first kappa shape index (κ1) is 14.3. The monoisotopic (exact) mass is 264 g/mol. The molecule has 1 N–H and O–H groups in total. The van der Waals surface area contributed by atoms with Crippen molar-refractivity contribution in [1.29, 1.82) is 5.26 Å². The molecule has 0 spiro atoms. The van der Waals surface area contributed by atoms with E-state index in [9.17, 15) is 4.79 Å². The third-order valence-electron chi connectivity index (χ3n) is 4.06. The number of hydrogen-bond donors (Lipinski definition) is 1. The van der Waals surface area contributed by atoms with Gasteiger partial charge in [0, 0.05) is 32.6 Å². The molecule has 2 aliphatic rings. The lowest BCUT2D eigenvalue weighted by molar-refractivity contribution is -0.136. The van der Waals surface area contributed by atoms with E-state index < -0.39 is 0 Å². The maximum Gasteiger partial charge on any atom is 0.240 e. The summed E-state index contributed by atoms with van der Waals surface area (Å²) in [6.07, 6.45) is 4.73. The molecule has 5 nitrogen and oxygen atoms in total. The van der Waals surface area contributed by atoms with Crippen molar-refractivity contribution in [2.75, 3.05) is 39.3 Å². The van der Waals surface area contributed by atoms with E-state index in [0.717, 1.165) is 65.0 Å². The number of rotatable bonds is 5. The van der Waals surface area contributed by atoms with Crippen LogP contribution in [-0.4, -0.2) is 61.0 Å². The number of nitriles is 1. The van der Waals surface area contributed by atoms with E-state index in [4.69, 9.17) is 5.26 Å². The first-order valence-corrected chi connectivity index (χ1v) is 7.43. The number of carbonyl (C=O) groups excluding carboxylic acids is 1. The molecule has 19 heavy (non-hydrogen) atoms. The molecule has 2 heterocycles. The minimum Gasteiger partial charge on any atom is -0.339 e. The molecule has 0 bridgehead atoms. The van der Waals surface area contributed by atoms with Crippen molar-refractivity contribution in [3.05, 3.63) is 0 Å². The van der Waals surface area contributed by atoms with E-state index in [1.54, 1.807) is 0 Å². The molecule has 2 fully saturated rings. The van der Waals surface area contributed by atoms with Crippen LogP contribution < -0.4 is 5.32 Å². The van der Waals surface area contributed by atoms with Crippen molar-refractivity contribution in [2.24, 2.45) is 0 Å². The Morgan fingerprint density at radius 2 is 2.05 bits per heavy atom. The Bertz CT molecular complexity index is 333. The van der Waals surface area contributed by atoms with Crippen LogP contribution in [0, 0.1) is 11.3 Å². The molecular weight excluding hydrogens is 240 g/mol. The molecule has 2 saturated heterocycles. The fourth-order valence-electron chi connectivity index (χ4n) is 2.99. The summed E-state index contributed by atoms with van der Waals surface area (Å²) in [4.78, 5) is 16.8. The Hall–Kier alpha value is -1.12. The van der Waals surface area contributed by atoms with Crippen LogP contribution in [-0.2, 0) is 4.79 Å². The fraction of sp³-hybridized carbons (Fsp3) is 0.857. The number of unbranched alkanes of at least 4 members (excludes halogenated alkanes) is 2. The SMILES string of the molecule is N#CCCCCN1CCCC1C(=O)N1CCNCC1. The van der Waals surface area contributed by atoms with Crippen molar-refractivity contribution in [2.45, 2.75) is 38.1 Å². The minimum absolute atomic E-state index is 0.0974. The van der Waals surface area contributed by atoms with E-state index in [2.05, 4.69) is 16.3 Å². The smallest absolute Gasteiger partial charge is 0.240 e. The molecule has 2 rings (SSSR count). The van der Waals surface area contributed by atoms with Crippen molar-refractivity contribution >= 4 is 5.91 Å². The molecule has 106 valence electrons. The third-order valence-corrected chi connectivity index (χ3v) is 4.06. The van der Waals surface area contributed by atoms with Crippen molar-refractivity contribution in [3.63, 3.8) is 0 Å². The number of nitrogens with zero attached hydrogens (tertiary/aromatic N) is 3. The van der Waals surface area contributed by atoms with Crippen LogP contribution in [0.15, 0.2) is 0 Å². The summed E-state index contributed by atoms with van der Waals surface area (Å²) in [5.74, 6) is 0.319. The van der Waals surface area contributed by atoms with Gasteiger partial charge in [-0.1, -0.05) is 0 Å². The van der Waals surface area contributed by atoms with Crippen LogP contribution in [0.25, 0.3) is 0 Å². The highest BCUT2D eigenvalue weighted by molar-refractivity contribution is 5.82. The molecular formula is C14H24N4O. The Morgan fingerprint density at radius 3 is 2.79 bits per heavy atom. The van der Waals surface area contributed by atoms with Gasteiger partial charge in [0.1, 0.15) is 0 Å². The number of amides is 1. The van der Waals surface area contributed by atoms with Gasteiger partial charge in [0.25, 0.3) is 0 Å². The summed E-state index contributed by atoms with van der Waals surface area (Å²) in [5, 5.41) is 11.8. The second kappa shape index (κ2) is 7.46. The summed E-state index contributed by atoms with van der Waals surface area (Å²) in [7, 11) is 0. The molecule has 1 amide bonds. The van der Waals surface area contributed by atoms with Gasteiger partial charge in [-0.2, -0.15) is 5.26 Å². The van der Waals surface area contributed by atoms with Gasteiger partial charge in [-0.25, -0.2) is 0 Å². The molecule has 1 atom stereocenters. The number of nitrogens with one attached hydrogen (secondary N) is 1. The van der Waals surface area contributed by atoms with E-state index in [1.165, 1.54) is 0 Å². The zero-order valence-corrected chi connectivity index (χ0v) is 11.6. The van der Waals surface area contributed by atoms with Crippen molar-refractivity contribution in [3.8, 4) is 6.07 Å². The maximum absolute atomic E-state index is 12.5. The molecule has 0 aromatic carbocycles. The molecule has 0 aromatic rings. The van der Waals surface area contributed by atoms with Crippen LogP contribution in [0.3, 0.4) is 0 Å². The summed E-state index contributed by atoms with van der Waals surface area (Å²) in [6, 6.07) is 2.28. The Labute approximate surface area is 115 Å². The number of hydrogen-bond acceptors (Lipinski definition) is 4. The largest absolute Gasteiger partial charge is 0.339 e. The zero-order valence-electron chi connectivity index (χ0n) is 11.6. The fourth-order valence-corrected chi connectivity index (χ4v) is 2.99. The van der Waals surface area contributed by atoms with Crippen LogP contribution in [0.2, 0.25) is 0 Å². The standard InChI is InChI=1S/C14H24N4O/c15-6-2-1-3-9-17-10-4-5-13(17)14(19)18-11-7-16-8-12-18/h13,16H,1-5,7-12H2. The van der Waals surface area contributed by atoms with Crippen LogP contribution >= 0.6 is 0 Å². The summed E-state index contributed by atoms with van der Waals surface area (Å²) in [6.45, 7) is 5.52. The number of likely N-dealkylation sites (tertiary alicyclic amines) is 1. The van der Waals surface area contributed by atoms with Gasteiger partial charge < -0.3 is 10.2 Å². The number of carbonyl (C=O) groups is 1. The van der Waals surface area contributed by atoms with E-state index in [1.807, 2.05) is 4.90 Å². The van der Waals surface area contributed by atoms with Gasteiger partial charge >= 0.3 is 0 Å². The topological polar surface area (TPSA) is 59.4 Å².